The Kier molecular flexibility index (Phi) is 6.11. The summed E-state index contributed by atoms with van der Waals surface area (Å²) in [7, 11) is 0. The van der Waals surface area contributed by atoms with Gasteiger partial charge in [0.25, 0.3) is 11.8 Å². The summed E-state index contributed by atoms with van der Waals surface area (Å²) in [5.74, 6) is -1.51. The number of anilines is 2. The van der Waals surface area contributed by atoms with Gasteiger partial charge in [-0.05, 0) is 49.1 Å². The van der Waals surface area contributed by atoms with Gasteiger partial charge in [-0.2, -0.15) is 5.26 Å². The molecule has 10 heteroatoms. The molecule has 3 heterocycles. The summed E-state index contributed by atoms with van der Waals surface area (Å²) in [6.07, 6.45) is 0.318. The summed E-state index contributed by atoms with van der Waals surface area (Å²) in [6, 6.07) is 8.32. The maximum Gasteiger partial charge on any atom is 0.349 e. The van der Waals surface area contributed by atoms with E-state index in [1.54, 1.807) is 30.5 Å². The van der Waals surface area contributed by atoms with Crippen LogP contribution in [0.5, 0.6) is 0 Å². The largest absolute Gasteiger partial charge is 0.459 e. The fourth-order valence-corrected chi connectivity index (χ4v) is 3.99. The third-order valence-corrected chi connectivity index (χ3v) is 5.72. The number of nitrogens with one attached hydrogen (secondary N) is 2. The van der Waals surface area contributed by atoms with Gasteiger partial charge in [0.15, 0.2) is 11.9 Å². The van der Waals surface area contributed by atoms with Gasteiger partial charge in [0.05, 0.1) is 16.8 Å². The van der Waals surface area contributed by atoms with Gasteiger partial charge in [0.1, 0.15) is 15.9 Å². The third-order valence-electron chi connectivity index (χ3n) is 3.76. The van der Waals surface area contributed by atoms with E-state index in [9.17, 15) is 14.4 Å². The molecule has 8 nitrogen and oxygen atoms in total. The second kappa shape index (κ2) is 8.72. The summed E-state index contributed by atoms with van der Waals surface area (Å²) >= 11 is 2.24. The van der Waals surface area contributed by atoms with Crippen LogP contribution in [0.3, 0.4) is 0 Å². The molecule has 29 heavy (non-hydrogen) atoms. The fourth-order valence-electron chi connectivity index (χ4n) is 2.30. The molecule has 0 saturated heterocycles. The summed E-state index contributed by atoms with van der Waals surface area (Å²) in [6.45, 7) is 3.14. The SMILES string of the molecule is Cc1cc(NC(=O)c2ccco2)sc1C(=O)OC(C)C(=O)Nc1sccc1C#N. The van der Waals surface area contributed by atoms with E-state index in [1.807, 2.05) is 6.07 Å². The van der Waals surface area contributed by atoms with E-state index in [1.165, 1.54) is 30.6 Å². The van der Waals surface area contributed by atoms with Crippen molar-refractivity contribution >= 4 is 50.5 Å². The summed E-state index contributed by atoms with van der Waals surface area (Å²) in [5.41, 5.74) is 0.945. The van der Waals surface area contributed by atoms with E-state index in [-0.39, 0.29) is 10.6 Å². The number of furan rings is 1. The van der Waals surface area contributed by atoms with Crippen molar-refractivity contribution < 1.29 is 23.5 Å². The minimum atomic E-state index is -1.07. The Balaban J connectivity index is 1.63. The maximum absolute atomic E-state index is 12.5. The number of carbonyl (C=O) groups excluding carboxylic acids is 3. The van der Waals surface area contributed by atoms with E-state index >= 15 is 0 Å². The molecule has 0 spiro atoms. The zero-order valence-electron chi connectivity index (χ0n) is 15.3. The van der Waals surface area contributed by atoms with Crippen molar-refractivity contribution in [3.8, 4) is 6.07 Å². The molecule has 0 radical (unpaired) electrons. The minimum Gasteiger partial charge on any atom is -0.459 e. The van der Waals surface area contributed by atoms with Gasteiger partial charge in [-0.1, -0.05) is 0 Å². The Morgan fingerprint density at radius 3 is 2.76 bits per heavy atom. The predicted molar refractivity (Wildman–Crippen MR) is 108 cm³/mol. The van der Waals surface area contributed by atoms with Crippen LogP contribution in [0.1, 0.15) is 38.3 Å². The first-order valence-electron chi connectivity index (χ1n) is 8.33. The normalized spacial score (nSPS) is 11.3. The van der Waals surface area contributed by atoms with E-state index in [4.69, 9.17) is 14.4 Å². The topological polar surface area (TPSA) is 121 Å². The Hall–Kier alpha value is -3.42. The molecule has 1 atom stereocenters. The highest BCUT2D eigenvalue weighted by molar-refractivity contribution is 7.18. The Morgan fingerprint density at radius 1 is 1.28 bits per heavy atom. The van der Waals surface area contributed by atoms with Gasteiger partial charge < -0.3 is 19.8 Å². The Morgan fingerprint density at radius 2 is 2.07 bits per heavy atom. The molecule has 2 amide bonds. The molecular formula is C19H15N3O5S2. The molecular weight excluding hydrogens is 414 g/mol. The van der Waals surface area contributed by atoms with Crippen LogP contribution in [0.25, 0.3) is 0 Å². The van der Waals surface area contributed by atoms with Gasteiger partial charge in [0, 0.05) is 0 Å². The molecule has 0 aliphatic rings. The van der Waals surface area contributed by atoms with Crippen molar-refractivity contribution in [2.45, 2.75) is 20.0 Å². The first-order chi connectivity index (χ1) is 13.9. The molecule has 0 aliphatic carbocycles. The highest BCUT2D eigenvalue weighted by Gasteiger charge is 2.23. The van der Waals surface area contributed by atoms with Gasteiger partial charge in [-0.25, -0.2) is 4.79 Å². The maximum atomic E-state index is 12.5. The fraction of sp³-hybridized carbons (Fsp3) is 0.158. The van der Waals surface area contributed by atoms with E-state index < -0.39 is 23.9 Å². The van der Waals surface area contributed by atoms with Crippen LogP contribution in [-0.4, -0.2) is 23.9 Å². The van der Waals surface area contributed by atoms with Gasteiger partial charge in [0.2, 0.25) is 0 Å². The number of nitriles is 1. The Bertz CT molecular complexity index is 1090. The first-order valence-corrected chi connectivity index (χ1v) is 10.0. The molecule has 0 bridgehead atoms. The Labute approximate surface area is 173 Å². The number of thiophene rings is 2. The quantitative estimate of drug-likeness (QED) is 0.571. The molecule has 3 aromatic rings. The number of amides is 2. The molecule has 3 rings (SSSR count). The van der Waals surface area contributed by atoms with Crippen molar-refractivity contribution in [1.29, 1.82) is 5.26 Å². The summed E-state index contributed by atoms with van der Waals surface area (Å²) in [5, 5.41) is 16.7. The smallest absolute Gasteiger partial charge is 0.349 e. The number of hydrogen-bond donors (Lipinski definition) is 2. The van der Waals surface area contributed by atoms with E-state index in [0.29, 0.717) is 21.1 Å². The van der Waals surface area contributed by atoms with Gasteiger partial charge in [-0.15, -0.1) is 22.7 Å². The minimum absolute atomic E-state index is 0.149. The van der Waals surface area contributed by atoms with Crippen LogP contribution in [-0.2, 0) is 9.53 Å². The molecule has 2 N–H and O–H groups in total. The van der Waals surface area contributed by atoms with Crippen LogP contribution in [0, 0.1) is 18.3 Å². The second-order valence-electron chi connectivity index (χ2n) is 5.87. The van der Waals surface area contributed by atoms with E-state index in [2.05, 4.69) is 10.6 Å². The molecule has 0 aromatic carbocycles. The van der Waals surface area contributed by atoms with E-state index in [0.717, 1.165) is 11.3 Å². The molecule has 0 fully saturated rings. The molecule has 1 unspecified atom stereocenters. The van der Waals surface area contributed by atoms with Crippen molar-refractivity contribution in [3.05, 3.63) is 57.7 Å². The number of hydrogen-bond acceptors (Lipinski definition) is 8. The lowest BCUT2D eigenvalue weighted by Crippen LogP contribution is -2.29. The van der Waals surface area contributed by atoms with Crippen molar-refractivity contribution in [3.63, 3.8) is 0 Å². The highest BCUT2D eigenvalue weighted by Crippen LogP contribution is 2.28. The van der Waals surface area contributed by atoms with Crippen LogP contribution in [0.2, 0.25) is 0 Å². The van der Waals surface area contributed by atoms with Crippen LogP contribution in [0.15, 0.2) is 40.3 Å². The highest BCUT2D eigenvalue weighted by atomic mass is 32.1. The third kappa shape index (κ3) is 4.71. The lowest BCUT2D eigenvalue weighted by Gasteiger charge is -2.12. The van der Waals surface area contributed by atoms with Crippen LogP contribution >= 0.6 is 22.7 Å². The molecule has 3 aromatic heterocycles. The first kappa shape index (κ1) is 20.3. The zero-order chi connectivity index (χ0) is 21.0. The summed E-state index contributed by atoms with van der Waals surface area (Å²) < 4.78 is 10.3. The van der Waals surface area contributed by atoms with Crippen molar-refractivity contribution in [1.82, 2.24) is 0 Å². The van der Waals surface area contributed by atoms with Gasteiger partial charge >= 0.3 is 5.97 Å². The van der Waals surface area contributed by atoms with Crippen molar-refractivity contribution in [2.24, 2.45) is 0 Å². The average molecular weight is 429 g/mol. The standard InChI is InChI=1S/C19H15N3O5S2/c1-10-8-14(21-17(24)13-4-3-6-26-13)29-15(10)19(25)27-11(2)16(23)22-18-12(9-20)5-7-28-18/h3-8,11H,1-2H3,(H,21,24)(H,22,23). The lowest BCUT2D eigenvalue weighted by atomic mass is 10.3. The predicted octanol–water partition coefficient (Wildman–Crippen LogP) is 4.02. The molecule has 0 saturated carbocycles. The number of ether oxygens (including phenoxy) is 1. The number of esters is 1. The van der Waals surface area contributed by atoms with Gasteiger partial charge in [-0.3, -0.25) is 9.59 Å². The number of aryl methyl sites for hydroxylation is 1. The lowest BCUT2D eigenvalue weighted by molar-refractivity contribution is -0.123. The number of carbonyl (C=O) groups is 3. The number of rotatable bonds is 6. The monoisotopic (exact) mass is 429 g/mol. The molecule has 148 valence electrons. The van der Waals surface area contributed by atoms with Crippen LogP contribution < -0.4 is 10.6 Å². The zero-order valence-corrected chi connectivity index (χ0v) is 17.0. The van der Waals surface area contributed by atoms with Crippen molar-refractivity contribution in [2.75, 3.05) is 10.6 Å². The average Bonchev–Trinajstić information content (AvgIpc) is 3.42. The van der Waals surface area contributed by atoms with Crippen LogP contribution in [0.4, 0.5) is 10.0 Å². The number of nitrogens with zero attached hydrogens (tertiary/aromatic N) is 1. The summed E-state index contributed by atoms with van der Waals surface area (Å²) in [4.78, 5) is 37.0. The second-order valence-corrected chi connectivity index (χ2v) is 7.83. The molecule has 0 aliphatic heterocycles.